The fourth-order valence-corrected chi connectivity index (χ4v) is 9.93. The number of carbonyl (C=O) groups excluding carboxylic acids is 2. The minimum absolute atomic E-state index is 0.0633. The molecule has 8 nitrogen and oxygen atoms in total. The molecule has 4 aliphatic carbocycles. The second-order valence-corrected chi connectivity index (χ2v) is 16.7. The van der Waals surface area contributed by atoms with E-state index >= 15 is 0 Å². The first-order chi connectivity index (χ1) is 22.8. The summed E-state index contributed by atoms with van der Waals surface area (Å²) in [6.07, 6.45) is 6.24. The maximum atomic E-state index is 14.8. The Morgan fingerprint density at radius 2 is 1.39 bits per heavy atom. The number of esters is 2. The average molecular weight is 713 g/mol. The van der Waals surface area contributed by atoms with Crippen molar-refractivity contribution in [1.82, 2.24) is 0 Å². The number of halogens is 4. The largest absolute Gasteiger partial charge is 0.508 e. The summed E-state index contributed by atoms with van der Waals surface area (Å²) in [5, 5.41) is 9.87. The van der Waals surface area contributed by atoms with Gasteiger partial charge in [-0.25, -0.2) is 8.78 Å². The number of ether oxygens (including phenoxy) is 2. The third kappa shape index (κ3) is 6.81. The van der Waals surface area contributed by atoms with E-state index in [-0.39, 0.29) is 36.3 Å². The molecule has 0 aromatic heterocycles. The van der Waals surface area contributed by atoms with E-state index in [1.54, 1.807) is 19.1 Å². The zero-order valence-corrected chi connectivity index (χ0v) is 29.1. The van der Waals surface area contributed by atoms with Gasteiger partial charge >= 0.3 is 22.1 Å². The summed E-state index contributed by atoms with van der Waals surface area (Å²) in [6.45, 7) is 8.33. The van der Waals surface area contributed by atoms with E-state index in [1.165, 1.54) is 32.4 Å². The van der Waals surface area contributed by atoms with Gasteiger partial charge in [0, 0.05) is 0 Å². The Bertz CT molecular complexity index is 1670. The van der Waals surface area contributed by atoms with Crippen LogP contribution in [-0.2, 0) is 24.4 Å². The van der Waals surface area contributed by atoms with E-state index in [4.69, 9.17) is 14.0 Å². The van der Waals surface area contributed by atoms with E-state index < -0.39 is 72.4 Å². The Kier molecular flexibility index (Phi) is 9.96. The predicted octanol–water partition coefficient (Wildman–Crippen LogP) is 8.26. The molecule has 6 rings (SSSR count). The molecular formula is C36H44F4O8S. The second kappa shape index (κ2) is 13.2. The molecule has 0 radical (unpaired) electrons. The molecule has 0 heterocycles. The van der Waals surface area contributed by atoms with Gasteiger partial charge in [-0.2, -0.15) is 17.2 Å². The zero-order chi connectivity index (χ0) is 36.3. The van der Waals surface area contributed by atoms with Crippen LogP contribution in [0, 0.1) is 57.8 Å². The summed E-state index contributed by atoms with van der Waals surface area (Å²) in [7, 11) is -5.72. The van der Waals surface area contributed by atoms with Gasteiger partial charge < -0.3 is 14.6 Å². The van der Waals surface area contributed by atoms with Gasteiger partial charge in [-0.1, -0.05) is 26.0 Å². The highest BCUT2D eigenvalue weighted by Gasteiger charge is 2.60. The van der Waals surface area contributed by atoms with Gasteiger partial charge in [-0.15, -0.1) is 0 Å². The molecular weight excluding hydrogens is 668 g/mol. The molecule has 2 unspecified atom stereocenters. The Hall–Kier alpha value is -3.19. The van der Waals surface area contributed by atoms with Crippen molar-refractivity contribution in [3.05, 3.63) is 53.1 Å². The van der Waals surface area contributed by atoms with Crippen molar-refractivity contribution in [1.29, 1.82) is 0 Å². The van der Waals surface area contributed by atoms with Crippen LogP contribution in [0.2, 0.25) is 0 Å². The van der Waals surface area contributed by atoms with Crippen LogP contribution in [0.1, 0.15) is 104 Å². The van der Waals surface area contributed by atoms with Gasteiger partial charge in [0.25, 0.3) is 0 Å². The van der Waals surface area contributed by atoms with Gasteiger partial charge in [-0.05, 0) is 126 Å². The molecule has 2 aromatic carbocycles. The molecule has 2 atom stereocenters. The number of hydrogen-bond acceptors (Lipinski definition) is 7. The van der Waals surface area contributed by atoms with Crippen LogP contribution in [0.5, 0.6) is 11.5 Å². The summed E-state index contributed by atoms with van der Waals surface area (Å²) in [4.78, 5) is 25.9. The molecule has 13 heteroatoms. The highest BCUT2D eigenvalue weighted by atomic mass is 32.2. The molecule has 4 bridgehead atoms. The van der Waals surface area contributed by atoms with Crippen LogP contribution in [-0.4, -0.2) is 35.6 Å². The van der Waals surface area contributed by atoms with Crippen molar-refractivity contribution in [2.75, 3.05) is 0 Å². The standard InChI is InChI=1S/C36H44F4O8S/c1-6-21(22-8-10-25(41)11-9-22)17-35(5,33(43)48-36(7-2)23-13-19-12-20(15-23)16-24(36)14-19)18-34(3,4)32(42)47-30-26(37)28(39)31(49(44,45)46)29(40)27(30)38/h8-11,19-21,23-24,41H,6-7,12-18H2,1-5H3,(H,44,45,46). The lowest BCUT2D eigenvalue weighted by atomic mass is 9.49. The van der Waals surface area contributed by atoms with E-state index in [2.05, 4.69) is 0 Å². The van der Waals surface area contributed by atoms with Crippen molar-refractivity contribution in [2.45, 2.75) is 109 Å². The lowest BCUT2D eigenvalue weighted by molar-refractivity contribution is -0.220. The smallest absolute Gasteiger partial charge is 0.317 e. The molecule has 0 spiro atoms. The maximum absolute atomic E-state index is 14.8. The fourth-order valence-electron chi connectivity index (χ4n) is 9.30. The number of rotatable bonds is 12. The number of carbonyl (C=O) groups is 2. The van der Waals surface area contributed by atoms with Crippen molar-refractivity contribution >= 4 is 22.1 Å². The van der Waals surface area contributed by atoms with Crippen LogP contribution in [0.3, 0.4) is 0 Å². The number of phenolic OH excluding ortho intramolecular Hbond substituents is 1. The Balaban J connectivity index is 1.48. The fraction of sp³-hybridized carbons (Fsp3) is 0.611. The molecule has 4 fully saturated rings. The van der Waals surface area contributed by atoms with Crippen molar-refractivity contribution < 1.29 is 54.7 Å². The predicted molar refractivity (Wildman–Crippen MR) is 170 cm³/mol. The van der Waals surface area contributed by atoms with Crippen LogP contribution in [0.25, 0.3) is 0 Å². The summed E-state index contributed by atoms with van der Waals surface area (Å²) in [5.41, 5.74) is -2.95. The van der Waals surface area contributed by atoms with Crippen molar-refractivity contribution in [2.24, 2.45) is 34.5 Å². The van der Waals surface area contributed by atoms with E-state index in [0.717, 1.165) is 31.2 Å². The summed E-state index contributed by atoms with van der Waals surface area (Å²) >= 11 is 0. The molecule has 2 aromatic rings. The summed E-state index contributed by atoms with van der Waals surface area (Å²) in [5.74, 6) is -11.8. The topological polar surface area (TPSA) is 127 Å². The lowest BCUT2D eigenvalue weighted by Gasteiger charge is -2.60. The molecule has 4 aliphatic rings. The van der Waals surface area contributed by atoms with Crippen LogP contribution >= 0.6 is 0 Å². The third-order valence-electron chi connectivity index (χ3n) is 11.4. The minimum atomic E-state index is -5.72. The third-order valence-corrected chi connectivity index (χ3v) is 12.3. The molecule has 0 aliphatic heterocycles. The van der Waals surface area contributed by atoms with Crippen molar-refractivity contribution in [3.63, 3.8) is 0 Å². The quantitative estimate of drug-likeness (QED) is 0.0741. The minimum Gasteiger partial charge on any atom is -0.508 e. The van der Waals surface area contributed by atoms with Gasteiger partial charge in [0.2, 0.25) is 17.4 Å². The van der Waals surface area contributed by atoms with Crippen molar-refractivity contribution in [3.8, 4) is 11.5 Å². The molecule has 270 valence electrons. The van der Waals surface area contributed by atoms with Crippen LogP contribution < -0.4 is 4.74 Å². The molecule has 0 saturated heterocycles. The zero-order valence-electron chi connectivity index (χ0n) is 28.3. The number of benzene rings is 2. The van der Waals surface area contributed by atoms with Crippen LogP contribution in [0.4, 0.5) is 17.6 Å². The first-order valence-corrected chi connectivity index (χ1v) is 18.3. The normalized spacial score (nSPS) is 26.7. The highest BCUT2D eigenvalue weighted by Crippen LogP contribution is 2.61. The summed E-state index contributed by atoms with van der Waals surface area (Å²) in [6, 6.07) is 6.55. The van der Waals surface area contributed by atoms with E-state index in [0.29, 0.717) is 24.7 Å². The maximum Gasteiger partial charge on any atom is 0.317 e. The van der Waals surface area contributed by atoms with Gasteiger partial charge in [0.15, 0.2) is 16.5 Å². The lowest BCUT2D eigenvalue weighted by Crippen LogP contribution is -2.60. The van der Waals surface area contributed by atoms with Gasteiger partial charge in [0.05, 0.1) is 10.8 Å². The second-order valence-electron chi connectivity index (χ2n) is 15.3. The molecule has 2 N–H and O–H groups in total. The van der Waals surface area contributed by atoms with E-state index in [9.17, 15) is 40.7 Å². The molecule has 0 amide bonds. The van der Waals surface area contributed by atoms with Gasteiger partial charge in [0.1, 0.15) is 11.4 Å². The average Bonchev–Trinajstić information content (AvgIpc) is 3.02. The Labute approximate surface area is 284 Å². The van der Waals surface area contributed by atoms with Gasteiger partial charge in [-0.3, -0.25) is 14.1 Å². The van der Waals surface area contributed by atoms with Crippen LogP contribution in [0.15, 0.2) is 29.2 Å². The summed E-state index contributed by atoms with van der Waals surface area (Å²) < 4.78 is 102. The highest BCUT2D eigenvalue weighted by molar-refractivity contribution is 7.85. The molecule has 4 saturated carbocycles. The number of aromatic hydroxyl groups is 1. The monoisotopic (exact) mass is 712 g/mol. The Morgan fingerprint density at radius 3 is 1.84 bits per heavy atom. The number of phenols is 1. The molecule has 49 heavy (non-hydrogen) atoms. The SMILES string of the molecule is CCC(CC(C)(CC(C)(C)C(=O)Oc1c(F)c(F)c(S(=O)(=O)O)c(F)c1F)C(=O)OC1(CC)C2CC3CC(C2)CC1C3)c1ccc(O)cc1. The first-order valence-electron chi connectivity index (χ1n) is 16.8. The van der Waals surface area contributed by atoms with E-state index in [1.807, 2.05) is 13.8 Å². The Morgan fingerprint density at radius 1 is 0.878 bits per heavy atom. The first kappa shape index (κ1) is 37.1. The number of hydrogen-bond donors (Lipinski definition) is 2.